The number of nitrogens with zero attached hydrogens (tertiary/aromatic N) is 5. The summed E-state index contributed by atoms with van der Waals surface area (Å²) < 4.78 is 10.3. The molecule has 0 spiro atoms. The molecule has 2 aliphatic heterocycles. The summed E-state index contributed by atoms with van der Waals surface area (Å²) in [6, 6.07) is 4.54. The molecule has 0 saturated carbocycles. The minimum Gasteiger partial charge on any atom is -0.461 e. The fourth-order valence-corrected chi connectivity index (χ4v) is 4.21. The van der Waals surface area contributed by atoms with Gasteiger partial charge in [-0.2, -0.15) is 0 Å². The van der Waals surface area contributed by atoms with Crippen molar-refractivity contribution in [3.63, 3.8) is 0 Å². The molecule has 0 N–H and O–H groups in total. The minimum absolute atomic E-state index is 0.0451. The zero-order valence-corrected chi connectivity index (χ0v) is 16.4. The lowest BCUT2D eigenvalue weighted by atomic mass is 10.0. The van der Waals surface area contributed by atoms with Gasteiger partial charge in [-0.25, -0.2) is 4.79 Å². The molecule has 0 aromatic heterocycles. The van der Waals surface area contributed by atoms with Crippen LogP contribution >= 0.6 is 11.8 Å². The number of β-lactam (4-membered cyclic amide) rings is 1. The number of hydrogen-bond acceptors (Lipinski definition) is 9. The second-order valence-electron chi connectivity index (χ2n) is 6.29. The Hall–Kier alpha value is -3.57. The van der Waals surface area contributed by atoms with Crippen LogP contribution in [0.2, 0.25) is 0 Å². The first-order valence-corrected chi connectivity index (χ1v) is 9.63. The van der Waals surface area contributed by atoms with Crippen LogP contribution in [0.3, 0.4) is 0 Å². The summed E-state index contributed by atoms with van der Waals surface area (Å²) in [5, 5.41) is 13.6. The van der Waals surface area contributed by atoms with Gasteiger partial charge in [0.1, 0.15) is 30.3 Å². The number of nitro benzene ring substituents is 1. The Morgan fingerprint density at radius 3 is 2.63 bits per heavy atom. The Labute approximate surface area is 173 Å². The first kappa shape index (κ1) is 21.1. The average molecular weight is 433 g/mol. The number of rotatable bonds is 7. The van der Waals surface area contributed by atoms with Crippen molar-refractivity contribution >= 4 is 35.3 Å². The molecule has 1 aromatic rings. The van der Waals surface area contributed by atoms with Crippen LogP contribution in [0, 0.1) is 10.1 Å². The molecular formula is C17H15N5O7S. The molecule has 2 aliphatic rings. The zero-order valence-electron chi connectivity index (χ0n) is 15.6. The van der Waals surface area contributed by atoms with Crippen LogP contribution in [0.25, 0.3) is 10.4 Å². The summed E-state index contributed by atoms with van der Waals surface area (Å²) in [5.74, 6) is -1.63. The van der Waals surface area contributed by atoms with Gasteiger partial charge in [0.2, 0.25) is 5.91 Å². The van der Waals surface area contributed by atoms with Crippen molar-refractivity contribution in [3.8, 4) is 0 Å². The number of thioether (sulfide) groups is 1. The fourth-order valence-electron chi connectivity index (χ4n) is 2.91. The average Bonchev–Trinajstić information content (AvgIpc) is 2.73. The normalized spacial score (nSPS) is 19.9. The van der Waals surface area contributed by atoms with Crippen molar-refractivity contribution in [2.45, 2.75) is 24.9 Å². The monoisotopic (exact) mass is 433 g/mol. The molecule has 2 atom stereocenters. The predicted molar refractivity (Wildman–Crippen MR) is 103 cm³/mol. The third kappa shape index (κ3) is 4.21. The number of non-ortho nitro benzene ring substituents is 1. The van der Waals surface area contributed by atoms with E-state index in [0.29, 0.717) is 11.1 Å². The maximum atomic E-state index is 12.8. The van der Waals surface area contributed by atoms with Gasteiger partial charge in [0.25, 0.3) is 5.69 Å². The number of hydrogen-bond donors (Lipinski definition) is 0. The predicted octanol–water partition coefficient (Wildman–Crippen LogP) is 2.05. The molecule has 12 nitrogen and oxygen atoms in total. The van der Waals surface area contributed by atoms with Gasteiger partial charge < -0.3 is 9.47 Å². The number of esters is 2. The van der Waals surface area contributed by atoms with Crippen molar-refractivity contribution in [1.29, 1.82) is 0 Å². The zero-order chi connectivity index (χ0) is 21.8. The number of azide groups is 1. The molecule has 30 heavy (non-hydrogen) atoms. The lowest BCUT2D eigenvalue weighted by Crippen LogP contribution is -2.64. The molecule has 0 aliphatic carbocycles. The van der Waals surface area contributed by atoms with E-state index in [9.17, 15) is 24.5 Å². The van der Waals surface area contributed by atoms with E-state index in [1.165, 1.54) is 47.9 Å². The van der Waals surface area contributed by atoms with Gasteiger partial charge in [-0.1, -0.05) is 5.11 Å². The summed E-state index contributed by atoms with van der Waals surface area (Å²) in [7, 11) is 0. The maximum Gasteiger partial charge on any atom is 0.355 e. The molecule has 1 amide bonds. The quantitative estimate of drug-likeness (QED) is 0.120. The van der Waals surface area contributed by atoms with E-state index < -0.39 is 34.2 Å². The van der Waals surface area contributed by atoms with E-state index >= 15 is 0 Å². The Bertz CT molecular complexity index is 987. The van der Waals surface area contributed by atoms with E-state index in [0.717, 1.165) is 0 Å². The lowest BCUT2D eigenvalue weighted by molar-refractivity contribution is -0.384. The molecule has 1 fully saturated rings. The summed E-state index contributed by atoms with van der Waals surface area (Å²) in [4.78, 5) is 50.3. The van der Waals surface area contributed by atoms with Crippen LogP contribution in [0.15, 0.2) is 40.6 Å². The first-order valence-electron chi connectivity index (χ1n) is 8.58. The molecule has 0 unspecified atom stereocenters. The fraction of sp³-hybridized carbons (Fsp3) is 0.353. The van der Waals surface area contributed by atoms with Gasteiger partial charge in [-0.15, -0.1) is 11.8 Å². The first-order chi connectivity index (χ1) is 14.3. The van der Waals surface area contributed by atoms with E-state index in [1.807, 2.05) is 0 Å². The van der Waals surface area contributed by atoms with Crippen molar-refractivity contribution in [2.24, 2.45) is 5.11 Å². The largest absolute Gasteiger partial charge is 0.461 e. The van der Waals surface area contributed by atoms with E-state index in [2.05, 4.69) is 10.0 Å². The smallest absolute Gasteiger partial charge is 0.355 e. The summed E-state index contributed by atoms with van der Waals surface area (Å²) in [6.45, 7) is 0.853. The van der Waals surface area contributed by atoms with Crippen molar-refractivity contribution < 1.29 is 28.8 Å². The molecule has 2 heterocycles. The standard InChI is InChI=1S/C17H15N5O7S/c1-9(23)28-7-11-8-30-16-13(19-20-18)15(24)21(16)14(11)17(25)29-6-10-2-4-12(5-3-10)22(26)27/h2-5,13,16H,6-8H2,1H3/t13-,16+/m0/s1. The lowest BCUT2D eigenvalue weighted by Gasteiger charge is -2.48. The van der Waals surface area contributed by atoms with Gasteiger partial charge in [-0.05, 0) is 23.2 Å². The molecule has 1 aromatic carbocycles. The molecule has 0 radical (unpaired) electrons. The van der Waals surface area contributed by atoms with Crippen LogP contribution in [0.1, 0.15) is 12.5 Å². The summed E-state index contributed by atoms with van der Waals surface area (Å²) in [6.07, 6.45) is 0. The molecule has 1 saturated heterocycles. The van der Waals surface area contributed by atoms with Crippen molar-refractivity contribution in [3.05, 3.63) is 61.7 Å². The summed E-state index contributed by atoms with van der Waals surface area (Å²) in [5.41, 5.74) is 9.39. The van der Waals surface area contributed by atoms with Gasteiger partial charge in [-0.3, -0.25) is 24.6 Å². The van der Waals surface area contributed by atoms with Gasteiger partial charge >= 0.3 is 11.9 Å². The number of benzene rings is 1. The third-order valence-electron chi connectivity index (χ3n) is 4.36. The van der Waals surface area contributed by atoms with Gasteiger partial charge in [0.05, 0.1) is 4.92 Å². The van der Waals surface area contributed by atoms with Crippen LogP contribution in [-0.4, -0.2) is 51.4 Å². The van der Waals surface area contributed by atoms with Crippen LogP contribution < -0.4 is 0 Å². The second kappa shape index (κ2) is 8.84. The Kier molecular flexibility index (Phi) is 6.23. The minimum atomic E-state index is -0.923. The van der Waals surface area contributed by atoms with Gasteiger partial charge in [0.15, 0.2) is 0 Å². The maximum absolute atomic E-state index is 12.8. The highest BCUT2D eigenvalue weighted by atomic mass is 32.2. The Balaban J connectivity index is 1.79. The van der Waals surface area contributed by atoms with Crippen molar-refractivity contribution in [2.75, 3.05) is 12.4 Å². The van der Waals surface area contributed by atoms with Crippen LogP contribution in [0.4, 0.5) is 5.69 Å². The van der Waals surface area contributed by atoms with Crippen LogP contribution in [0.5, 0.6) is 0 Å². The third-order valence-corrected chi connectivity index (χ3v) is 5.68. The van der Waals surface area contributed by atoms with Crippen LogP contribution in [-0.2, 0) is 30.5 Å². The molecular weight excluding hydrogens is 418 g/mol. The number of ether oxygens (including phenoxy) is 2. The Morgan fingerprint density at radius 1 is 1.33 bits per heavy atom. The van der Waals surface area contributed by atoms with E-state index in [1.54, 1.807) is 0 Å². The number of nitro groups is 1. The van der Waals surface area contributed by atoms with Crippen molar-refractivity contribution in [1.82, 2.24) is 4.90 Å². The SMILES string of the molecule is CC(=O)OCC1=C(C(=O)OCc2ccc([N+](=O)[O-])cc2)N2C(=O)[C@H](N=[N+]=[N-])[C@H]2SC1. The van der Waals surface area contributed by atoms with Gasteiger partial charge in [0, 0.05) is 35.3 Å². The second-order valence-corrected chi connectivity index (χ2v) is 7.40. The number of amides is 1. The summed E-state index contributed by atoms with van der Waals surface area (Å²) >= 11 is 1.28. The molecule has 0 bridgehead atoms. The highest BCUT2D eigenvalue weighted by Gasteiger charge is 2.53. The number of carbonyl (C=O) groups excluding carboxylic acids is 3. The Morgan fingerprint density at radius 2 is 2.03 bits per heavy atom. The topological polar surface area (TPSA) is 165 Å². The number of fused-ring (bicyclic) bond motifs is 1. The number of carbonyl (C=O) groups is 3. The van der Waals surface area contributed by atoms with E-state index in [4.69, 9.17) is 15.0 Å². The molecule has 156 valence electrons. The highest BCUT2D eigenvalue weighted by Crippen LogP contribution is 2.42. The highest BCUT2D eigenvalue weighted by molar-refractivity contribution is 8.00. The molecule has 13 heteroatoms. The van der Waals surface area contributed by atoms with E-state index in [-0.39, 0.29) is 30.4 Å². The molecule has 3 rings (SSSR count).